The Balaban J connectivity index is 0.00000464. The number of imidazole rings is 1. The number of phenols is 1. The molecule has 0 unspecified atom stereocenters. The maximum absolute atomic E-state index is 11.2. The smallest absolute Gasteiger partial charge is 0.123 e. The Hall–Kier alpha value is -4.60. The van der Waals surface area contributed by atoms with Crippen LogP contribution < -0.4 is 0 Å². The van der Waals surface area contributed by atoms with Gasteiger partial charge in [0, 0.05) is 49.6 Å². The van der Waals surface area contributed by atoms with Gasteiger partial charge in [-0.15, -0.1) is 17.7 Å². The van der Waals surface area contributed by atoms with E-state index >= 15 is 0 Å². The molecular formula is C46H47N4OPt-. The molecule has 0 aliphatic rings. The van der Waals surface area contributed by atoms with Crippen LogP contribution in [-0.4, -0.2) is 24.6 Å². The molecule has 268 valence electrons. The number of pyridine rings is 2. The Morgan fingerprint density at radius 1 is 0.615 bits per heavy atom. The number of para-hydroxylation sites is 1. The van der Waals surface area contributed by atoms with Crippen LogP contribution >= 0.6 is 0 Å². The fourth-order valence-corrected chi connectivity index (χ4v) is 6.74. The SMILES string of the molecule is Cc1ccnc2c(-c3[c-]c(-c4nc5c(-c6cc(C(C)(C)C)ccc6O)cccc5n4-c4ccc(C(C)(C)C)cc4)ccn3)cc(C(C)(C)C)cc12.[Pt]. The molecule has 0 fully saturated rings. The van der Waals surface area contributed by atoms with Crippen LogP contribution in [0.1, 0.15) is 84.6 Å². The molecule has 0 saturated heterocycles. The molecule has 0 aliphatic heterocycles. The van der Waals surface area contributed by atoms with Crippen molar-refractivity contribution >= 4 is 21.9 Å². The molecule has 0 bridgehead atoms. The topological polar surface area (TPSA) is 63.8 Å². The number of fused-ring (bicyclic) bond motifs is 2. The van der Waals surface area contributed by atoms with Crippen molar-refractivity contribution in [1.82, 2.24) is 19.5 Å². The van der Waals surface area contributed by atoms with Crippen LogP contribution in [0.4, 0.5) is 0 Å². The average molecular weight is 867 g/mol. The molecule has 0 radical (unpaired) electrons. The number of hydrogen-bond acceptors (Lipinski definition) is 4. The van der Waals surface area contributed by atoms with E-state index in [9.17, 15) is 5.11 Å². The van der Waals surface area contributed by atoms with Crippen molar-refractivity contribution in [3.05, 3.63) is 126 Å². The van der Waals surface area contributed by atoms with Gasteiger partial charge < -0.3 is 9.67 Å². The molecule has 0 saturated carbocycles. The molecule has 6 heteroatoms. The zero-order valence-corrected chi connectivity index (χ0v) is 34.1. The summed E-state index contributed by atoms with van der Waals surface area (Å²) in [5.74, 6) is 0.976. The summed E-state index contributed by atoms with van der Waals surface area (Å²) in [6.07, 6.45) is 3.71. The number of aromatic hydroxyl groups is 1. The fourth-order valence-electron chi connectivity index (χ4n) is 6.74. The van der Waals surface area contributed by atoms with Crippen LogP contribution in [-0.2, 0) is 37.3 Å². The Bertz CT molecular complexity index is 2440. The molecule has 1 N–H and O–H groups in total. The van der Waals surface area contributed by atoms with Crippen molar-refractivity contribution in [2.24, 2.45) is 0 Å². The Labute approximate surface area is 322 Å². The van der Waals surface area contributed by atoms with Crippen molar-refractivity contribution in [3.8, 4) is 45.2 Å². The number of aryl methyl sites for hydroxylation is 1. The molecule has 3 heterocycles. The van der Waals surface area contributed by atoms with Crippen LogP contribution in [0, 0.1) is 13.0 Å². The first-order chi connectivity index (χ1) is 24.0. The van der Waals surface area contributed by atoms with Crippen LogP contribution in [0.3, 0.4) is 0 Å². The standard InChI is InChI=1S/C46H47N4O.Pt/c1-28-20-22-48-41-35(28)26-32(46(8,9)10)27-37(41)38-24-29(21-23-47-38)43-49-42-34(36-25-31(45(5,6)7)16-19-40(36)51)12-11-13-39(42)50(43)33-17-14-30(15-18-33)44(2,3)4;/h11-23,25-27,51H,1-10H3;/q-1;. The van der Waals surface area contributed by atoms with E-state index in [2.05, 4.69) is 134 Å². The van der Waals surface area contributed by atoms with E-state index in [0.29, 0.717) is 0 Å². The summed E-state index contributed by atoms with van der Waals surface area (Å²) >= 11 is 0. The summed E-state index contributed by atoms with van der Waals surface area (Å²) in [5, 5.41) is 12.3. The van der Waals surface area contributed by atoms with Crippen molar-refractivity contribution in [1.29, 1.82) is 0 Å². The largest absolute Gasteiger partial charge is 0.507 e. The Morgan fingerprint density at radius 2 is 1.25 bits per heavy atom. The van der Waals surface area contributed by atoms with Gasteiger partial charge in [0.15, 0.2) is 0 Å². The van der Waals surface area contributed by atoms with Gasteiger partial charge in [-0.05, 0) is 99.1 Å². The zero-order chi connectivity index (χ0) is 36.5. The Kier molecular flexibility index (Phi) is 9.59. The minimum atomic E-state index is -0.0834. The third-order valence-electron chi connectivity index (χ3n) is 9.95. The number of aromatic nitrogens is 4. The van der Waals surface area contributed by atoms with Gasteiger partial charge >= 0.3 is 0 Å². The van der Waals surface area contributed by atoms with E-state index in [-0.39, 0.29) is 43.1 Å². The van der Waals surface area contributed by atoms with Gasteiger partial charge in [-0.2, -0.15) is 0 Å². The van der Waals surface area contributed by atoms with Crippen LogP contribution in [0.25, 0.3) is 61.4 Å². The summed E-state index contributed by atoms with van der Waals surface area (Å²) in [6.45, 7) is 22.1. The van der Waals surface area contributed by atoms with E-state index < -0.39 is 0 Å². The fraction of sp³-hybridized carbons (Fsp3) is 0.283. The van der Waals surface area contributed by atoms with Crippen LogP contribution in [0.15, 0.2) is 97.3 Å². The molecule has 4 aromatic carbocycles. The maximum atomic E-state index is 11.2. The monoisotopic (exact) mass is 866 g/mol. The number of rotatable bonds is 4. The van der Waals surface area contributed by atoms with E-state index in [1.807, 2.05) is 36.7 Å². The molecule has 7 rings (SSSR count). The van der Waals surface area contributed by atoms with E-state index in [1.54, 1.807) is 6.07 Å². The van der Waals surface area contributed by atoms with Gasteiger partial charge in [0.2, 0.25) is 0 Å². The van der Waals surface area contributed by atoms with E-state index in [0.717, 1.165) is 67.0 Å². The predicted molar refractivity (Wildman–Crippen MR) is 212 cm³/mol. The molecule has 0 amide bonds. The number of hydrogen-bond donors (Lipinski definition) is 1. The second-order valence-corrected chi connectivity index (χ2v) is 16.9. The van der Waals surface area contributed by atoms with Crippen molar-refractivity contribution in [2.45, 2.75) is 85.5 Å². The minimum Gasteiger partial charge on any atom is -0.507 e. The second kappa shape index (κ2) is 13.4. The molecule has 0 spiro atoms. The summed E-state index contributed by atoms with van der Waals surface area (Å²) in [6, 6.07) is 33.1. The zero-order valence-electron chi connectivity index (χ0n) is 31.8. The van der Waals surface area contributed by atoms with Crippen molar-refractivity contribution < 1.29 is 26.2 Å². The molecule has 52 heavy (non-hydrogen) atoms. The first-order valence-electron chi connectivity index (χ1n) is 17.8. The molecule has 5 nitrogen and oxygen atoms in total. The number of benzene rings is 4. The second-order valence-electron chi connectivity index (χ2n) is 16.9. The summed E-state index contributed by atoms with van der Waals surface area (Å²) in [4.78, 5) is 15.1. The van der Waals surface area contributed by atoms with Gasteiger partial charge in [0.1, 0.15) is 5.75 Å². The first kappa shape index (κ1) is 37.2. The van der Waals surface area contributed by atoms with Gasteiger partial charge in [-0.25, -0.2) is 0 Å². The van der Waals surface area contributed by atoms with Crippen molar-refractivity contribution in [3.63, 3.8) is 0 Å². The van der Waals surface area contributed by atoms with E-state index in [1.165, 1.54) is 16.7 Å². The maximum Gasteiger partial charge on any atom is 0.123 e. The van der Waals surface area contributed by atoms with Gasteiger partial charge in [-0.3, -0.25) is 15.0 Å². The number of phenolic OH excluding ortho intramolecular Hbond substituents is 1. The minimum absolute atomic E-state index is 0. The quantitative estimate of drug-likeness (QED) is 0.179. The number of nitrogens with zero attached hydrogens (tertiary/aromatic N) is 4. The van der Waals surface area contributed by atoms with Crippen LogP contribution in [0.2, 0.25) is 0 Å². The predicted octanol–water partition coefficient (Wildman–Crippen LogP) is 11.7. The molecule has 3 aromatic heterocycles. The summed E-state index contributed by atoms with van der Waals surface area (Å²) < 4.78 is 2.21. The summed E-state index contributed by atoms with van der Waals surface area (Å²) in [7, 11) is 0. The molecular weight excluding hydrogens is 820 g/mol. The van der Waals surface area contributed by atoms with Gasteiger partial charge in [0.05, 0.1) is 16.9 Å². The van der Waals surface area contributed by atoms with E-state index in [4.69, 9.17) is 15.0 Å². The molecule has 0 aliphatic carbocycles. The van der Waals surface area contributed by atoms with Gasteiger partial charge in [-0.1, -0.05) is 110 Å². The Morgan fingerprint density at radius 3 is 1.92 bits per heavy atom. The molecule has 0 atom stereocenters. The molecule has 7 aromatic rings. The van der Waals surface area contributed by atoms with Crippen LogP contribution in [0.5, 0.6) is 5.75 Å². The summed E-state index contributed by atoms with van der Waals surface area (Å²) in [5.41, 5.74) is 12.4. The normalized spacial score (nSPS) is 12.3. The first-order valence-corrected chi connectivity index (χ1v) is 17.8. The van der Waals surface area contributed by atoms with Gasteiger partial charge in [0.25, 0.3) is 0 Å². The third kappa shape index (κ3) is 6.84. The average Bonchev–Trinajstić information content (AvgIpc) is 3.47. The van der Waals surface area contributed by atoms with Crippen molar-refractivity contribution in [2.75, 3.05) is 0 Å². The third-order valence-corrected chi connectivity index (χ3v) is 9.95.